The number of carbonyl (C=O) groups is 7. The fourth-order valence-electron chi connectivity index (χ4n) is 8.65. The van der Waals surface area contributed by atoms with Crippen LogP contribution in [0.4, 0.5) is 0 Å². The summed E-state index contributed by atoms with van der Waals surface area (Å²) in [5.41, 5.74) is 0.357. The molecule has 402 valence electrons. The van der Waals surface area contributed by atoms with E-state index in [2.05, 4.69) is 0 Å². The van der Waals surface area contributed by atoms with Gasteiger partial charge in [0, 0.05) is 0 Å². The Kier molecular flexibility index (Phi) is 17.7. The lowest BCUT2D eigenvalue weighted by atomic mass is 9.97. The molecule has 2 aliphatic heterocycles. The van der Waals surface area contributed by atoms with E-state index in [9.17, 15) is 38.7 Å². The monoisotopic (exact) mass is 1070 g/mol. The second-order valence-corrected chi connectivity index (χ2v) is 17.9. The van der Waals surface area contributed by atoms with Crippen LogP contribution in [0.25, 0.3) is 0 Å². The molecule has 2 aliphatic rings. The molecule has 2 heterocycles. The normalized spacial score (nSPS) is 22.2. The highest BCUT2D eigenvalue weighted by Gasteiger charge is 2.63. The van der Waals surface area contributed by atoms with Crippen molar-refractivity contribution in [3.05, 3.63) is 251 Å². The van der Waals surface area contributed by atoms with Crippen molar-refractivity contribution in [1.29, 1.82) is 0 Å². The molecule has 0 amide bonds. The molecule has 0 bridgehead atoms. The maximum atomic E-state index is 14.4. The smallest absolute Gasteiger partial charge is 0.338 e. The van der Waals surface area contributed by atoms with Crippen molar-refractivity contribution in [3.63, 3.8) is 0 Å². The molecule has 2 saturated heterocycles. The van der Waals surface area contributed by atoms with Gasteiger partial charge in [0.1, 0.15) is 25.4 Å². The van der Waals surface area contributed by atoms with Gasteiger partial charge in [0.2, 0.25) is 5.79 Å². The number of rotatable bonds is 19. The molecule has 7 aromatic carbocycles. The zero-order valence-electron chi connectivity index (χ0n) is 41.8. The fraction of sp³-hybridized carbons (Fsp3) is 0.197. The number of benzene rings is 7. The van der Waals surface area contributed by atoms with E-state index in [1.807, 2.05) is 0 Å². The second kappa shape index (κ2) is 25.7. The van der Waals surface area contributed by atoms with Crippen LogP contribution >= 0.6 is 0 Å². The molecule has 18 nitrogen and oxygen atoms in total. The summed E-state index contributed by atoms with van der Waals surface area (Å²) >= 11 is 0. The van der Waals surface area contributed by atoms with Gasteiger partial charge in [-0.25, -0.2) is 33.6 Å². The average Bonchev–Trinajstić information content (AvgIpc) is 3.98. The Hall–Kier alpha value is -9.33. The van der Waals surface area contributed by atoms with Gasteiger partial charge in [-0.3, -0.25) is 0 Å². The Labute approximate surface area is 452 Å². The maximum Gasteiger partial charge on any atom is 0.338 e. The van der Waals surface area contributed by atoms with Crippen LogP contribution in [0.2, 0.25) is 0 Å². The van der Waals surface area contributed by atoms with Crippen LogP contribution in [0, 0.1) is 0 Å². The highest BCUT2D eigenvalue weighted by atomic mass is 16.8. The van der Waals surface area contributed by atoms with Crippen LogP contribution in [0.15, 0.2) is 212 Å². The topological polar surface area (TPSA) is 232 Å². The molecule has 0 saturated carbocycles. The van der Waals surface area contributed by atoms with E-state index in [1.54, 1.807) is 127 Å². The number of esters is 7. The minimum atomic E-state index is -2.60. The number of hydrogen-bond acceptors (Lipinski definition) is 18. The van der Waals surface area contributed by atoms with Gasteiger partial charge in [-0.15, -0.1) is 0 Å². The Balaban J connectivity index is 1.14. The molecule has 7 aromatic rings. The largest absolute Gasteiger partial charge is 0.459 e. The summed E-state index contributed by atoms with van der Waals surface area (Å²) in [5, 5.41) is 12.0. The molecule has 79 heavy (non-hydrogen) atoms. The summed E-state index contributed by atoms with van der Waals surface area (Å²) in [5.74, 6) is -9.26. The summed E-state index contributed by atoms with van der Waals surface area (Å²) in [6.45, 7) is -2.57. The number of ether oxygens (including phenoxy) is 10. The van der Waals surface area contributed by atoms with Gasteiger partial charge in [-0.2, -0.15) is 0 Å². The van der Waals surface area contributed by atoms with Gasteiger partial charge >= 0.3 is 41.8 Å². The van der Waals surface area contributed by atoms with Crippen molar-refractivity contribution in [3.8, 4) is 0 Å². The third kappa shape index (κ3) is 13.4. The lowest BCUT2D eigenvalue weighted by Crippen LogP contribution is -2.63. The van der Waals surface area contributed by atoms with Crippen molar-refractivity contribution >= 4 is 41.8 Å². The van der Waals surface area contributed by atoms with Gasteiger partial charge in [0.15, 0.2) is 36.8 Å². The molecular formula is C61H50O18. The molecule has 9 rings (SSSR count). The Morgan fingerprint density at radius 2 is 0.671 bits per heavy atom. The van der Waals surface area contributed by atoms with E-state index in [1.165, 1.54) is 84.9 Å². The summed E-state index contributed by atoms with van der Waals surface area (Å²) in [6, 6.07) is 54.2. The number of aliphatic hydroxyl groups excluding tert-OH is 1. The number of hydrogen-bond donors (Lipinski definition) is 1. The van der Waals surface area contributed by atoms with Crippen molar-refractivity contribution in [2.45, 2.75) is 54.8 Å². The summed E-state index contributed by atoms with van der Waals surface area (Å²) < 4.78 is 61.7. The van der Waals surface area contributed by atoms with E-state index in [4.69, 9.17) is 47.4 Å². The van der Waals surface area contributed by atoms with Gasteiger partial charge < -0.3 is 52.5 Å². The Morgan fingerprint density at radius 3 is 1.06 bits per heavy atom. The molecular weight excluding hydrogens is 1020 g/mol. The van der Waals surface area contributed by atoms with Crippen molar-refractivity contribution in [1.82, 2.24) is 0 Å². The maximum absolute atomic E-state index is 14.4. The van der Waals surface area contributed by atoms with E-state index < -0.39 is 116 Å². The minimum absolute atomic E-state index is 0.00978. The first-order valence-corrected chi connectivity index (χ1v) is 24.9. The first-order valence-electron chi connectivity index (χ1n) is 24.9. The first kappa shape index (κ1) is 54.5. The van der Waals surface area contributed by atoms with E-state index in [0.29, 0.717) is 0 Å². The lowest BCUT2D eigenvalue weighted by Gasteiger charge is -2.44. The summed E-state index contributed by atoms with van der Waals surface area (Å²) in [7, 11) is 0. The molecule has 2 fully saturated rings. The van der Waals surface area contributed by atoms with Gasteiger partial charge in [-0.05, 0) is 84.9 Å². The third-order valence-corrected chi connectivity index (χ3v) is 12.6. The third-order valence-electron chi connectivity index (χ3n) is 12.6. The van der Waals surface area contributed by atoms with Crippen molar-refractivity contribution in [2.75, 3.05) is 19.8 Å². The predicted octanol–water partition coefficient (Wildman–Crippen LogP) is 7.66. The van der Waals surface area contributed by atoms with E-state index in [0.717, 1.165) is 0 Å². The summed E-state index contributed by atoms with van der Waals surface area (Å²) in [4.78, 5) is 98.1. The second-order valence-electron chi connectivity index (χ2n) is 17.9. The molecule has 1 N–H and O–H groups in total. The van der Waals surface area contributed by atoms with E-state index >= 15 is 0 Å². The Bertz CT molecular complexity index is 3190. The predicted molar refractivity (Wildman–Crippen MR) is 276 cm³/mol. The lowest BCUT2D eigenvalue weighted by molar-refractivity contribution is -0.319. The van der Waals surface area contributed by atoms with E-state index in [-0.39, 0.29) is 38.9 Å². The molecule has 0 radical (unpaired) electrons. The van der Waals surface area contributed by atoms with Crippen LogP contribution in [0.3, 0.4) is 0 Å². The minimum Gasteiger partial charge on any atom is -0.459 e. The Morgan fingerprint density at radius 1 is 0.354 bits per heavy atom. The highest BCUT2D eigenvalue weighted by Crippen LogP contribution is 2.40. The van der Waals surface area contributed by atoms with Crippen LogP contribution < -0.4 is 0 Å². The highest BCUT2D eigenvalue weighted by molar-refractivity contribution is 5.93. The van der Waals surface area contributed by atoms with Gasteiger partial charge in [0.05, 0.1) is 45.6 Å². The fourth-order valence-corrected chi connectivity index (χ4v) is 8.65. The van der Waals surface area contributed by atoms with Crippen LogP contribution in [-0.4, -0.2) is 122 Å². The van der Waals surface area contributed by atoms with Crippen LogP contribution in [0.5, 0.6) is 0 Å². The molecule has 0 spiro atoms. The molecule has 0 aliphatic carbocycles. The molecule has 0 unspecified atom stereocenters. The number of carbonyl (C=O) groups excluding carboxylic acids is 7. The average molecular weight is 1070 g/mol. The molecule has 0 aromatic heterocycles. The number of aliphatic hydroxyl groups is 1. The SMILES string of the molecule is O=C(OC[C@H]1O[C@@](COC(=O)c2ccccc2)(OC[C@H]2O[C@H](O)[C@H](OC(=O)c3ccccc3)[C@@H](OC(=O)c3ccccc3)[C@@H]2OC(=O)c2ccccc2)[C@H](OC(=O)c2ccccc2)[C@@H]1OC(=O)c1ccccc1)c1ccccc1. The van der Waals surface area contributed by atoms with Gasteiger partial charge in [0.25, 0.3) is 0 Å². The zero-order chi connectivity index (χ0) is 55.1. The van der Waals surface area contributed by atoms with Gasteiger partial charge in [-0.1, -0.05) is 127 Å². The zero-order valence-corrected chi connectivity index (χ0v) is 41.8. The standard InChI is InChI=1S/C61H50O18/c62-53(39-22-8-1-9-23-39)70-36-47-49(75-56(65)42-28-14-4-15-29-42)52(78-59(68)45-34-20-7-21-35-45)61(79-47,38-71-54(63)40-24-10-2-11-25-40)72-37-46-48(74-55(64)41-26-12-3-13-27-41)50(76-57(66)43-30-16-5-17-31-43)51(60(69)73-46)77-58(67)44-32-18-6-19-33-44/h1-35,46-52,60,69H,36-38H2/t46-,47-,48-,49-,50+,51-,52-,60+,61-/m1/s1. The van der Waals surface area contributed by atoms with Crippen molar-refractivity contribution < 1.29 is 86.0 Å². The molecule has 18 heteroatoms. The molecule has 9 atom stereocenters. The quantitative estimate of drug-likeness (QED) is 0.0605. The summed E-state index contributed by atoms with van der Waals surface area (Å²) in [6.07, 6.45) is -14.8. The first-order chi connectivity index (χ1) is 38.5. The van der Waals surface area contributed by atoms with Crippen molar-refractivity contribution in [2.24, 2.45) is 0 Å². The van der Waals surface area contributed by atoms with Crippen LogP contribution in [0.1, 0.15) is 72.5 Å². The van der Waals surface area contributed by atoms with Crippen LogP contribution in [-0.2, 0) is 47.4 Å².